The number of nitrogens with zero attached hydrogens (tertiary/aromatic N) is 1. The lowest BCUT2D eigenvalue weighted by molar-refractivity contribution is 0.0985. The third-order valence-electron chi connectivity index (χ3n) is 4.82. The zero-order valence-corrected chi connectivity index (χ0v) is 16.6. The van der Waals surface area contributed by atoms with Gasteiger partial charge in [0.15, 0.2) is 0 Å². The van der Waals surface area contributed by atoms with Crippen molar-refractivity contribution >= 4 is 34.1 Å². The second-order valence-electron chi connectivity index (χ2n) is 6.92. The quantitative estimate of drug-likeness (QED) is 0.501. The van der Waals surface area contributed by atoms with Crippen LogP contribution in [0.15, 0.2) is 83.7 Å². The van der Waals surface area contributed by atoms with Crippen LogP contribution in [0.25, 0.3) is 10.9 Å². The number of amides is 1. The number of hydrogen-bond acceptors (Lipinski definition) is 2. The lowest BCUT2D eigenvalue weighted by Crippen LogP contribution is -2.33. The fourth-order valence-electron chi connectivity index (χ4n) is 3.32. The number of anilines is 1. The van der Waals surface area contributed by atoms with E-state index in [2.05, 4.69) is 4.98 Å². The van der Waals surface area contributed by atoms with Crippen molar-refractivity contribution in [3.63, 3.8) is 0 Å². The molecule has 3 aromatic carbocycles. The number of halogens is 1. The molecule has 0 bridgehead atoms. The van der Waals surface area contributed by atoms with Crippen LogP contribution >= 0.6 is 11.6 Å². The zero-order valence-electron chi connectivity index (χ0n) is 15.9. The summed E-state index contributed by atoms with van der Waals surface area (Å²) in [7, 11) is 0. The van der Waals surface area contributed by atoms with Crippen LogP contribution in [0.1, 0.15) is 21.5 Å². The highest BCUT2D eigenvalue weighted by molar-refractivity contribution is 6.34. The summed E-state index contributed by atoms with van der Waals surface area (Å²) in [5.41, 5.74) is 3.23. The van der Waals surface area contributed by atoms with Gasteiger partial charge in [-0.25, -0.2) is 0 Å². The van der Waals surface area contributed by atoms with Crippen molar-refractivity contribution < 1.29 is 4.79 Å². The lowest BCUT2D eigenvalue weighted by Gasteiger charge is -2.23. The number of aromatic amines is 1. The van der Waals surface area contributed by atoms with E-state index in [4.69, 9.17) is 11.6 Å². The number of carbonyl (C=O) groups excluding carboxylic acids is 1. The van der Waals surface area contributed by atoms with Crippen LogP contribution in [0.4, 0.5) is 5.69 Å². The molecule has 4 nitrogen and oxygen atoms in total. The van der Waals surface area contributed by atoms with E-state index in [1.807, 2.05) is 61.5 Å². The first-order chi connectivity index (χ1) is 14.0. The molecule has 0 radical (unpaired) electrons. The third kappa shape index (κ3) is 3.93. The van der Waals surface area contributed by atoms with Crippen molar-refractivity contribution in [2.24, 2.45) is 0 Å². The molecule has 0 unspecified atom stereocenters. The highest BCUT2D eigenvalue weighted by Gasteiger charge is 2.21. The maximum atomic E-state index is 13.3. The van der Waals surface area contributed by atoms with Crippen LogP contribution in [-0.4, -0.2) is 10.9 Å². The molecule has 29 heavy (non-hydrogen) atoms. The topological polar surface area (TPSA) is 53.2 Å². The Morgan fingerprint density at radius 1 is 0.966 bits per heavy atom. The average molecular weight is 403 g/mol. The van der Waals surface area contributed by atoms with Crippen LogP contribution in [0.3, 0.4) is 0 Å². The third-order valence-corrected chi connectivity index (χ3v) is 5.15. The van der Waals surface area contributed by atoms with Crippen LogP contribution in [0.2, 0.25) is 5.02 Å². The minimum absolute atomic E-state index is 0.132. The fraction of sp³-hybridized carbons (Fsp3) is 0.0833. The molecule has 0 aliphatic rings. The van der Waals surface area contributed by atoms with Gasteiger partial charge < -0.3 is 9.88 Å². The molecule has 4 aromatic rings. The number of carbonyl (C=O) groups is 1. The Balaban J connectivity index is 1.79. The molecule has 0 saturated carbocycles. The molecule has 1 N–H and O–H groups in total. The number of para-hydroxylation sites is 1. The molecule has 1 aromatic heterocycles. The van der Waals surface area contributed by atoms with Gasteiger partial charge in [0.1, 0.15) is 0 Å². The molecule has 0 aliphatic heterocycles. The highest BCUT2D eigenvalue weighted by atomic mass is 35.5. The van der Waals surface area contributed by atoms with E-state index >= 15 is 0 Å². The average Bonchev–Trinajstić information content (AvgIpc) is 2.73. The minimum atomic E-state index is -0.259. The van der Waals surface area contributed by atoms with Gasteiger partial charge in [0.2, 0.25) is 0 Å². The van der Waals surface area contributed by atoms with Crippen molar-refractivity contribution in [2.75, 3.05) is 4.90 Å². The van der Waals surface area contributed by atoms with Crippen LogP contribution in [0.5, 0.6) is 0 Å². The summed E-state index contributed by atoms with van der Waals surface area (Å²) in [6.45, 7) is 2.11. The monoisotopic (exact) mass is 402 g/mol. The molecule has 0 spiro atoms. The van der Waals surface area contributed by atoms with Gasteiger partial charge in [0, 0.05) is 16.8 Å². The molecule has 0 saturated heterocycles. The first-order valence-corrected chi connectivity index (χ1v) is 9.65. The number of aryl methyl sites for hydroxylation is 1. The number of benzene rings is 3. The van der Waals surface area contributed by atoms with Crippen LogP contribution in [0, 0.1) is 6.92 Å². The Kier molecular flexibility index (Phi) is 5.19. The molecule has 0 fully saturated rings. The van der Waals surface area contributed by atoms with Crippen LogP contribution < -0.4 is 10.5 Å². The molecular weight excluding hydrogens is 384 g/mol. The van der Waals surface area contributed by atoms with Crippen molar-refractivity contribution in [1.82, 2.24) is 4.98 Å². The number of rotatable bonds is 4. The molecule has 0 atom stereocenters. The predicted octanol–water partition coefficient (Wildman–Crippen LogP) is 5.34. The normalized spacial score (nSPS) is 10.8. The molecule has 5 heteroatoms. The number of hydrogen-bond donors (Lipinski definition) is 1. The number of nitrogens with one attached hydrogen (secondary N) is 1. The van der Waals surface area contributed by atoms with Gasteiger partial charge in [0.25, 0.3) is 11.5 Å². The highest BCUT2D eigenvalue weighted by Crippen LogP contribution is 2.24. The van der Waals surface area contributed by atoms with E-state index in [0.717, 1.165) is 16.5 Å². The Hall–Kier alpha value is -3.37. The van der Waals surface area contributed by atoms with Gasteiger partial charge in [-0.2, -0.15) is 0 Å². The fourth-order valence-corrected chi connectivity index (χ4v) is 3.53. The van der Waals surface area contributed by atoms with Gasteiger partial charge >= 0.3 is 0 Å². The van der Waals surface area contributed by atoms with E-state index in [1.165, 1.54) is 0 Å². The van der Waals surface area contributed by atoms with Gasteiger partial charge in [0.05, 0.1) is 17.1 Å². The molecule has 4 rings (SSSR count). The number of H-pyrrole nitrogens is 1. The van der Waals surface area contributed by atoms with E-state index in [9.17, 15) is 9.59 Å². The van der Waals surface area contributed by atoms with Crippen molar-refractivity contribution in [3.05, 3.63) is 111 Å². The Morgan fingerprint density at radius 2 is 1.69 bits per heavy atom. The van der Waals surface area contributed by atoms with Crippen molar-refractivity contribution in [1.29, 1.82) is 0 Å². The Bertz CT molecular complexity index is 1250. The summed E-state index contributed by atoms with van der Waals surface area (Å²) < 4.78 is 0. The van der Waals surface area contributed by atoms with E-state index in [0.29, 0.717) is 21.8 Å². The number of aromatic nitrogens is 1. The lowest BCUT2D eigenvalue weighted by atomic mass is 10.1. The molecule has 0 aliphatic carbocycles. The van der Waals surface area contributed by atoms with Gasteiger partial charge in [-0.05, 0) is 54.3 Å². The van der Waals surface area contributed by atoms with Crippen molar-refractivity contribution in [2.45, 2.75) is 13.5 Å². The summed E-state index contributed by atoms with van der Waals surface area (Å²) >= 11 is 6.26. The first kappa shape index (κ1) is 19.0. The second-order valence-corrected chi connectivity index (χ2v) is 7.33. The smallest absolute Gasteiger partial charge is 0.260 e. The SMILES string of the molecule is Cc1ccc2cc(CN(C(=O)c3ccccc3Cl)c3ccccc3)c(=O)[nH]c2c1. The number of fused-ring (bicyclic) bond motifs is 1. The van der Waals surface area contributed by atoms with Crippen LogP contribution in [-0.2, 0) is 6.54 Å². The standard InChI is InChI=1S/C24H19ClN2O2/c1-16-11-12-17-14-18(23(28)26-22(17)13-16)15-27(19-7-3-2-4-8-19)24(29)20-9-5-6-10-21(20)25/h2-14H,15H2,1H3,(H,26,28). The van der Waals surface area contributed by atoms with Crippen molar-refractivity contribution in [3.8, 4) is 0 Å². The van der Waals surface area contributed by atoms with Gasteiger partial charge in [-0.3, -0.25) is 9.59 Å². The first-order valence-electron chi connectivity index (χ1n) is 9.27. The predicted molar refractivity (Wildman–Crippen MR) is 118 cm³/mol. The Labute approximate surface area is 173 Å². The summed E-state index contributed by atoms with van der Waals surface area (Å²) in [6, 6.07) is 23.9. The van der Waals surface area contributed by atoms with E-state index in [1.54, 1.807) is 29.2 Å². The second kappa shape index (κ2) is 7.94. The molecule has 1 heterocycles. The summed E-state index contributed by atoms with van der Waals surface area (Å²) in [5, 5.41) is 1.30. The zero-order chi connectivity index (χ0) is 20.4. The molecule has 1 amide bonds. The summed E-state index contributed by atoms with van der Waals surface area (Å²) in [4.78, 5) is 30.5. The summed E-state index contributed by atoms with van der Waals surface area (Å²) in [5.74, 6) is -0.259. The largest absolute Gasteiger partial charge is 0.322 e. The van der Waals surface area contributed by atoms with E-state index < -0.39 is 0 Å². The Morgan fingerprint density at radius 3 is 2.45 bits per heavy atom. The van der Waals surface area contributed by atoms with Gasteiger partial charge in [-0.15, -0.1) is 0 Å². The van der Waals surface area contributed by atoms with E-state index in [-0.39, 0.29) is 18.0 Å². The molecular formula is C24H19ClN2O2. The maximum absolute atomic E-state index is 13.3. The summed E-state index contributed by atoms with van der Waals surface area (Å²) in [6.07, 6.45) is 0. The number of pyridine rings is 1. The molecule has 144 valence electrons. The minimum Gasteiger partial charge on any atom is -0.322 e. The maximum Gasteiger partial charge on any atom is 0.260 e. The van der Waals surface area contributed by atoms with Gasteiger partial charge in [-0.1, -0.05) is 54.1 Å².